The molecule has 2 aromatic carbocycles. The van der Waals surface area contributed by atoms with Crippen LogP contribution in [0.5, 0.6) is 0 Å². The molecule has 2 amide bonds. The summed E-state index contributed by atoms with van der Waals surface area (Å²) in [6, 6.07) is 19.0. The minimum absolute atomic E-state index is 0.00901. The molecule has 1 N–H and O–H groups in total. The number of rotatable bonds is 5. The van der Waals surface area contributed by atoms with Gasteiger partial charge in [-0.1, -0.05) is 60.7 Å². The van der Waals surface area contributed by atoms with Crippen LogP contribution in [-0.2, 0) is 22.6 Å². The van der Waals surface area contributed by atoms with Crippen LogP contribution in [0.4, 0.5) is 0 Å². The predicted molar refractivity (Wildman–Crippen MR) is 83.9 cm³/mol. The summed E-state index contributed by atoms with van der Waals surface area (Å²) in [5.74, 6) is -0.117. The summed E-state index contributed by atoms with van der Waals surface area (Å²) < 4.78 is 0. The molecule has 1 heterocycles. The van der Waals surface area contributed by atoms with Gasteiger partial charge in [-0.25, -0.2) is 0 Å². The molecular weight excluding hydrogens is 276 g/mol. The third-order valence-corrected chi connectivity index (χ3v) is 3.77. The molecule has 2 aromatic rings. The van der Waals surface area contributed by atoms with Crippen LogP contribution in [0.3, 0.4) is 0 Å². The molecule has 4 nitrogen and oxygen atoms in total. The zero-order valence-electron chi connectivity index (χ0n) is 12.2. The Kier molecular flexibility index (Phi) is 4.19. The lowest BCUT2D eigenvalue weighted by Gasteiger charge is -2.38. The Morgan fingerprint density at radius 1 is 1.00 bits per heavy atom. The molecule has 0 saturated carbocycles. The van der Waals surface area contributed by atoms with Crippen LogP contribution in [0.15, 0.2) is 60.7 Å². The number of nitrogens with one attached hydrogen (secondary N) is 1. The van der Waals surface area contributed by atoms with E-state index in [2.05, 4.69) is 5.32 Å². The molecule has 1 aliphatic heterocycles. The predicted octanol–water partition coefficient (Wildman–Crippen LogP) is 1.76. The highest BCUT2D eigenvalue weighted by atomic mass is 16.2. The monoisotopic (exact) mass is 294 g/mol. The van der Waals surface area contributed by atoms with Gasteiger partial charge in [0.15, 0.2) is 0 Å². The third kappa shape index (κ3) is 3.34. The van der Waals surface area contributed by atoms with Gasteiger partial charge in [0.2, 0.25) is 11.8 Å². The molecule has 1 unspecified atom stereocenters. The van der Waals surface area contributed by atoms with Crippen LogP contribution in [-0.4, -0.2) is 29.3 Å². The Morgan fingerprint density at radius 2 is 1.59 bits per heavy atom. The molecule has 0 spiro atoms. The topological polar surface area (TPSA) is 49.4 Å². The fourth-order valence-electron chi connectivity index (χ4n) is 2.58. The first-order valence-corrected chi connectivity index (χ1v) is 7.38. The Hall–Kier alpha value is -2.62. The van der Waals surface area contributed by atoms with Crippen LogP contribution in [0.25, 0.3) is 0 Å². The molecule has 1 atom stereocenters. The van der Waals surface area contributed by atoms with Gasteiger partial charge in [0.25, 0.3) is 0 Å². The minimum atomic E-state index is -0.375. The number of carbonyl (C=O) groups excluding carboxylic acids is 2. The van der Waals surface area contributed by atoms with E-state index in [4.69, 9.17) is 0 Å². The molecule has 3 rings (SSSR count). The van der Waals surface area contributed by atoms with Crippen LogP contribution < -0.4 is 5.32 Å². The summed E-state index contributed by atoms with van der Waals surface area (Å²) in [5, 5.41) is 2.80. The lowest BCUT2D eigenvalue weighted by atomic mass is 10.0. The van der Waals surface area contributed by atoms with E-state index in [1.54, 1.807) is 4.90 Å². The van der Waals surface area contributed by atoms with Gasteiger partial charge in [-0.05, 0) is 11.1 Å². The van der Waals surface area contributed by atoms with Gasteiger partial charge in [0, 0.05) is 6.54 Å². The standard InChI is InChI=1S/C18H18N2O2/c21-17(11-14-7-3-1-4-8-14)19-16-13-20(18(16)22)12-15-9-5-2-6-10-15/h1-10,16H,11-13H2,(H,19,21). The quantitative estimate of drug-likeness (QED) is 0.854. The molecule has 0 aromatic heterocycles. The number of hydrogen-bond donors (Lipinski definition) is 1. The van der Waals surface area contributed by atoms with Gasteiger partial charge in [0.1, 0.15) is 6.04 Å². The Morgan fingerprint density at radius 3 is 2.18 bits per heavy atom. The molecule has 4 heteroatoms. The van der Waals surface area contributed by atoms with Gasteiger partial charge < -0.3 is 10.2 Å². The largest absolute Gasteiger partial charge is 0.342 e. The number of amides is 2. The minimum Gasteiger partial charge on any atom is -0.342 e. The summed E-state index contributed by atoms with van der Waals surface area (Å²) in [6.45, 7) is 1.18. The highest BCUT2D eigenvalue weighted by molar-refractivity contribution is 5.92. The highest BCUT2D eigenvalue weighted by Gasteiger charge is 2.37. The summed E-state index contributed by atoms with van der Waals surface area (Å²) >= 11 is 0. The first kappa shape index (κ1) is 14.3. The van der Waals surface area contributed by atoms with E-state index in [0.29, 0.717) is 19.5 Å². The average molecular weight is 294 g/mol. The van der Waals surface area contributed by atoms with Gasteiger partial charge in [0.05, 0.1) is 13.0 Å². The number of likely N-dealkylation sites (tertiary alicyclic amines) is 1. The van der Waals surface area contributed by atoms with E-state index in [1.165, 1.54) is 0 Å². The molecule has 1 fully saturated rings. The van der Waals surface area contributed by atoms with E-state index in [9.17, 15) is 9.59 Å². The van der Waals surface area contributed by atoms with E-state index in [-0.39, 0.29) is 17.9 Å². The van der Waals surface area contributed by atoms with E-state index in [0.717, 1.165) is 11.1 Å². The normalized spacial score (nSPS) is 17.0. The van der Waals surface area contributed by atoms with E-state index >= 15 is 0 Å². The number of benzene rings is 2. The lowest BCUT2D eigenvalue weighted by Crippen LogP contribution is -2.63. The van der Waals surface area contributed by atoms with Crippen molar-refractivity contribution in [3.8, 4) is 0 Å². The molecule has 112 valence electrons. The summed E-state index contributed by atoms with van der Waals surface area (Å²) in [6.07, 6.45) is 0.309. The second-order valence-electron chi connectivity index (χ2n) is 5.49. The zero-order valence-corrected chi connectivity index (χ0v) is 12.2. The summed E-state index contributed by atoms with van der Waals surface area (Å²) in [4.78, 5) is 25.8. The third-order valence-electron chi connectivity index (χ3n) is 3.77. The second-order valence-corrected chi connectivity index (χ2v) is 5.49. The van der Waals surface area contributed by atoms with Gasteiger partial charge >= 0.3 is 0 Å². The Balaban J connectivity index is 1.47. The van der Waals surface area contributed by atoms with E-state index in [1.807, 2.05) is 60.7 Å². The first-order valence-electron chi connectivity index (χ1n) is 7.38. The van der Waals surface area contributed by atoms with Gasteiger partial charge in [-0.15, -0.1) is 0 Å². The van der Waals surface area contributed by atoms with Crippen molar-refractivity contribution in [1.82, 2.24) is 10.2 Å². The van der Waals surface area contributed by atoms with Crippen molar-refractivity contribution in [2.75, 3.05) is 6.54 Å². The smallest absolute Gasteiger partial charge is 0.247 e. The maximum Gasteiger partial charge on any atom is 0.247 e. The van der Waals surface area contributed by atoms with E-state index < -0.39 is 0 Å². The van der Waals surface area contributed by atoms with Crippen molar-refractivity contribution < 1.29 is 9.59 Å². The SMILES string of the molecule is O=C(Cc1ccccc1)NC1CN(Cc2ccccc2)C1=O. The molecule has 1 saturated heterocycles. The molecule has 0 aliphatic carbocycles. The molecule has 0 radical (unpaired) electrons. The van der Waals surface area contributed by atoms with Crippen molar-refractivity contribution in [3.63, 3.8) is 0 Å². The first-order chi connectivity index (χ1) is 10.7. The summed E-state index contributed by atoms with van der Waals surface area (Å²) in [5.41, 5.74) is 2.05. The number of nitrogens with zero attached hydrogens (tertiary/aromatic N) is 1. The van der Waals surface area contributed by atoms with Crippen LogP contribution in [0.2, 0.25) is 0 Å². The van der Waals surface area contributed by atoms with Crippen LogP contribution in [0, 0.1) is 0 Å². The maximum atomic E-state index is 12.1. The molecule has 22 heavy (non-hydrogen) atoms. The average Bonchev–Trinajstić information content (AvgIpc) is 2.55. The summed E-state index contributed by atoms with van der Waals surface area (Å²) in [7, 11) is 0. The Labute approximate surface area is 129 Å². The second kappa shape index (κ2) is 6.43. The van der Waals surface area contributed by atoms with Gasteiger partial charge in [-0.3, -0.25) is 9.59 Å². The van der Waals surface area contributed by atoms with Crippen molar-refractivity contribution in [1.29, 1.82) is 0 Å². The van der Waals surface area contributed by atoms with Crippen LogP contribution >= 0.6 is 0 Å². The molecular formula is C18H18N2O2. The Bertz CT molecular complexity index is 655. The van der Waals surface area contributed by atoms with Crippen molar-refractivity contribution in [3.05, 3.63) is 71.8 Å². The van der Waals surface area contributed by atoms with Crippen molar-refractivity contribution >= 4 is 11.8 Å². The van der Waals surface area contributed by atoms with Gasteiger partial charge in [-0.2, -0.15) is 0 Å². The van der Waals surface area contributed by atoms with Crippen LogP contribution in [0.1, 0.15) is 11.1 Å². The van der Waals surface area contributed by atoms with Crippen molar-refractivity contribution in [2.24, 2.45) is 0 Å². The number of β-lactam (4-membered cyclic amide) rings is 1. The highest BCUT2D eigenvalue weighted by Crippen LogP contribution is 2.15. The zero-order chi connectivity index (χ0) is 15.4. The lowest BCUT2D eigenvalue weighted by molar-refractivity contribution is -0.147. The fourth-order valence-corrected chi connectivity index (χ4v) is 2.58. The maximum absolute atomic E-state index is 12.1. The molecule has 1 aliphatic rings. The number of hydrogen-bond acceptors (Lipinski definition) is 2. The molecule has 0 bridgehead atoms. The van der Waals surface area contributed by atoms with Crippen molar-refractivity contribution in [2.45, 2.75) is 19.0 Å². The fraction of sp³-hybridized carbons (Fsp3) is 0.222. The number of carbonyl (C=O) groups is 2.